The van der Waals surface area contributed by atoms with Crippen molar-refractivity contribution in [3.8, 4) is 11.5 Å². The van der Waals surface area contributed by atoms with Gasteiger partial charge in [0.25, 0.3) is 0 Å². The first-order valence-electron chi connectivity index (χ1n) is 11.8. The molecular formula is C25H30FN5O4. The quantitative estimate of drug-likeness (QED) is 0.497. The fourth-order valence-corrected chi connectivity index (χ4v) is 5.45. The fourth-order valence-electron chi connectivity index (χ4n) is 5.45. The normalized spacial score (nSPS) is 28.0. The summed E-state index contributed by atoms with van der Waals surface area (Å²) < 4.78 is 25.1. The number of methoxy groups -OCH3 is 2. The molecule has 0 radical (unpaired) electrons. The lowest BCUT2D eigenvalue weighted by Gasteiger charge is -2.46. The van der Waals surface area contributed by atoms with E-state index in [0.29, 0.717) is 42.9 Å². The Morgan fingerprint density at radius 3 is 2.77 bits per heavy atom. The van der Waals surface area contributed by atoms with Gasteiger partial charge in [0.05, 0.1) is 26.2 Å². The average molecular weight is 484 g/mol. The second kappa shape index (κ2) is 9.80. The van der Waals surface area contributed by atoms with E-state index in [1.54, 1.807) is 38.5 Å². The molecule has 3 aliphatic rings. The molecule has 186 valence electrons. The number of halogens is 1. The lowest BCUT2D eigenvalue weighted by atomic mass is 9.75. The van der Waals surface area contributed by atoms with Gasteiger partial charge in [-0.3, -0.25) is 9.59 Å². The topological polar surface area (TPSA) is 104 Å². The second-order valence-corrected chi connectivity index (χ2v) is 9.20. The minimum Gasteiger partial charge on any atom is -0.497 e. The van der Waals surface area contributed by atoms with Crippen LogP contribution in [0.1, 0.15) is 36.4 Å². The maximum atomic E-state index is 14.5. The van der Waals surface area contributed by atoms with Crippen molar-refractivity contribution < 1.29 is 23.5 Å². The Hall–Kier alpha value is -3.21. The summed E-state index contributed by atoms with van der Waals surface area (Å²) in [6.45, 7) is 0.332. The maximum absolute atomic E-state index is 14.5. The molecule has 1 saturated carbocycles. The van der Waals surface area contributed by atoms with Crippen molar-refractivity contribution in [2.45, 2.75) is 44.1 Å². The van der Waals surface area contributed by atoms with Crippen molar-refractivity contribution >= 4 is 11.8 Å². The number of benzene rings is 2. The van der Waals surface area contributed by atoms with Gasteiger partial charge in [0.2, 0.25) is 11.8 Å². The van der Waals surface area contributed by atoms with E-state index in [4.69, 9.17) is 9.47 Å². The molecule has 35 heavy (non-hydrogen) atoms. The molecule has 5 rings (SSSR count). The van der Waals surface area contributed by atoms with Crippen molar-refractivity contribution in [3.63, 3.8) is 0 Å². The van der Waals surface area contributed by atoms with Crippen LogP contribution in [0.4, 0.5) is 4.39 Å². The molecule has 10 heteroatoms. The number of nitrogens with zero attached hydrogens (tertiary/aromatic N) is 1. The molecule has 5 unspecified atom stereocenters. The largest absolute Gasteiger partial charge is 0.497 e. The van der Waals surface area contributed by atoms with Crippen LogP contribution in [0.3, 0.4) is 0 Å². The number of nitrogens with one attached hydrogen (secondary N) is 4. The average Bonchev–Trinajstić information content (AvgIpc) is 3.30. The smallest absolute Gasteiger partial charge is 0.226 e. The molecule has 2 aromatic rings. The molecule has 2 heterocycles. The fraction of sp³-hybridized carbons (Fsp3) is 0.440. The summed E-state index contributed by atoms with van der Waals surface area (Å²) in [4.78, 5) is 26.0. The highest BCUT2D eigenvalue weighted by atomic mass is 19.1. The van der Waals surface area contributed by atoms with E-state index in [0.717, 1.165) is 5.56 Å². The molecule has 5 atom stereocenters. The molecular weight excluding hydrogens is 453 g/mol. The van der Waals surface area contributed by atoms with Gasteiger partial charge < -0.3 is 20.1 Å². The molecule has 2 aromatic carbocycles. The van der Waals surface area contributed by atoms with Crippen LogP contribution in [0, 0.1) is 17.7 Å². The van der Waals surface area contributed by atoms with Gasteiger partial charge in [-0.2, -0.15) is 5.53 Å². The third-order valence-corrected chi connectivity index (χ3v) is 7.32. The summed E-state index contributed by atoms with van der Waals surface area (Å²) in [7, 11) is 3.17. The number of fused-ring (bicyclic) bond motifs is 3. The highest BCUT2D eigenvalue weighted by Crippen LogP contribution is 2.39. The Balaban J connectivity index is 1.26. The minimum atomic E-state index is -0.453. The highest BCUT2D eigenvalue weighted by Gasteiger charge is 2.51. The van der Waals surface area contributed by atoms with Gasteiger partial charge in [0.1, 0.15) is 23.5 Å². The molecule has 0 spiro atoms. The standard InChI is InChI=1S/C25H30FN5O4/c1-34-16-9-7-15(21(12-16)35-2)13-27-24(32)14-8-10-18-20(11-14)31-23(28-25(18)33)22(29-30-31)17-5-3-4-6-19(17)26/h3-7,9,12,14,18,20,22-23,29-30H,8,10-11,13H2,1-2H3,(H,27,32)(H,28,33). The molecule has 4 N–H and O–H groups in total. The number of hydrogen-bond donors (Lipinski definition) is 4. The summed E-state index contributed by atoms with van der Waals surface area (Å²) in [5.41, 5.74) is 7.59. The van der Waals surface area contributed by atoms with Crippen molar-refractivity contribution in [1.82, 2.24) is 26.6 Å². The van der Waals surface area contributed by atoms with E-state index >= 15 is 0 Å². The van der Waals surface area contributed by atoms with Crippen molar-refractivity contribution in [3.05, 3.63) is 59.4 Å². The summed E-state index contributed by atoms with van der Waals surface area (Å²) in [6.07, 6.45) is 1.31. The first-order chi connectivity index (χ1) is 17.0. The first-order valence-corrected chi connectivity index (χ1v) is 11.8. The van der Waals surface area contributed by atoms with Crippen LogP contribution in [0.15, 0.2) is 42.5 Å². The molecule has 1 aliphatic carbocycles. The van der Waals surface area contributed by atoms with E-state index in [2.05, 4.69) is 21.6 Å². The van der Waals surface area contributed by atoms with E-state index in [-0.39, 0.29) is 35.5 Å². The Morgan fingerprint density at radius 2 is 2.00 bits per heavy atom. The predicted molar refractivity (Wildman–Crippen MR) is 125 cm³/mol. The zero-order chi connectivity index (χ0) is 24.5. The number of rotatable bonds is 6. The monoisotopic (exact) mass is 483 g/mol. The minimum absolute atomic E-state index is 0.0510. The number of ether oxygens (including phenoxy) is 2. The van der Waals surface area contributed by atoms with Gasteiger partial charge in [-0.25, -0.2) is 14.8 Å². The summed E-state index contributed by atoms with van der Waals surface area (Å²) in [5, 5.41) is 8.00. The summed E-state index contributed by atoms with van der Waals surface area (Å²) >= 11 is 0. The van der Waals surface area contributed by atoms with E-state index in [1.807, 2.05) is 17.1 Å². The van der Waals surface area contributed by atoms with E-state index < -0.39 is 12.2 Å². The molecule has 9 nitrogen and oxygen atoms in total. The van der Waals surface area contributed by atoms with Crippen LogP contribution < -0.4 is 31.1 Å². The van der Waals surface area contributed by atoms with Gasteiger partial charge in [0.15, 0.2) is 0 Å². The van der Waals surface area contributed by atoms with Gasteiger partial charge in [-0.1, -0.05) is 18.2 Å². The van der Waals surface area contributed by atoms with Crippen LogP contribution in [-0.4, -0.2) is 43.3 Å². The molecule has 2 aliphatic heterocycles. The zero-order valence-corrected chi connectivity index (χ0v) is 19.7. The third kappa shape index (κ3) is 4.44. The Kier molecular flexibility index (Phi) is 6.59. The zero-order valence-electron chi connectivity index (χ0n) is 19.7. The predicted octanol–water partition coefficient (Wildman–Crippen LogP) is 1.77. The lowest BCUT2D eigenvalue weighted by Crippen LogP contribution is -2.65. The van der Waals surface area contributed by atoms with Crippen LogP contribution in [-0.2, 0) is 16.1 Å². The van der Waals surface area contributed by atoms with Crippen molar-refractivity contribution in [2.75, 3.05) is 14.2 Å². The molecule has 0 bridgehead atoms. The molecule has 0 aromatic heterocycles. The molecule has 2 amide bonds. The number of hydrogen-bond acceptors (Lipinski definition) is 7. The Morgan fingerprint density at radius 1 is 1.17 bits per heavy atom. The molecule has 3 fully saturated rings. The van der Waals surface area contributed by atoms with Crippen molar-refractivity contribution in [1.29, 1.82) is 0 Å². The summed E-state index contributed by atoms with van der Waals surface area (Å²) in [6, 6.07) is 11.4. The highest BCUT2D eigenvalue weighted by molar-refractivity contribution is 5.83. The Labute approximate surface area is 203 Å². The van der Waals surface area contributed by atoms with Crippen LogP contribution in [0.5, 0.6) is 11.5 Å². The van der Waals surface area contributed by atoms with Crippen molar-refractivity contribution in [2.24, 2.45) is 11.8 Å². The van der Waals surface area contributed by atoms with Gasteiger partial charge in [-0.15, -0.1) is 0 Å². The molecule has 2 saturated heterocycles. The second-order valence-electron chi connectivity index (χ2n) is 9.20. The summed E-state index contributed by atoms with van der Waals surface area (Å²) in [5.74, 6) is 0.422. The van der Waals surface area contributed by atoms with Gasteiger partial charge in [-0.05, 0) is 37.5 Å². The number of hydrazine groups is 2. The van der Waals surface area contributed by atoms with Crippen LogP contribution in [0.25, 0.3) is 0 Å². The van der Waals surface area contributed by atoms with E-state index in [1.165, 1.54) is 6.07 Å². The maximum Gasteiger partial charge on any atom is 0.226 e. The number of carbonyl (C=O) groups excluding carboxylic acids is 2. The van der Waals surface area contributed by atoms with E-state index in [9.17, 15) is 14.0 Å². The van der Waals surface area contributed by atoms with Gasteiger partial charge in [0, 0.05) is 35.7 Å². The van der Waals surface area contributed by atoms with Crippen LogP contribution >= 0.6 is 0 Å². The number of amides is 2. The number of carbonyl (C=O) groups is 2. The first kappa shape index (κ1) is 23.5. The lowest BCUT2D eigenvalue weighted by molar-refractivity contribution is -0.143. The third-order valence-electron chi connectivity index (χ3n) is 7.32. The van der Waals surface area contributed by atoms with Crippen LogP contribution in [0.2, 0.25) is 0 Å². The SMILES string of the molecule is COc1ccc(CNC(=O)C2CCC3C(=O)NC4C(c5ccccc5F)NNN4C3C2)c(OC)c1. The van der Waals surface area contributed by atoms with Gasteiger partial charge >= 0.3 is 0 Å². The Bertz CT molecular complexity index is 1120.